The summed E-state index contributed by atoms with van der Waals surface area (Å²) < 4.78 is 5.61. The maximum Gasteiger partial charge on any atom is 0.335 e. The molecule has 1 amide bonds. The van der Waals surface area contributed by atoms with Crippen LogP contribution in [0.25, 0.3) is 0 Å². The molecule has 1 aliphatic carbocycles. The van der Waals surface area contributed by atoms with Gasteiger partial charge >= 0.3 is 5.97 Å². The van der Waals surface area contributed by atoms with Crippen molar-refractivity contribution in [3.05, 3.63) is 28.6 Å². The van der Waals surface area contributed by atoms with Crippen molar-refractivity contribution in [3.63, 3.8) is 0 Å². The fourth-order valence-corrected chi connectivity index (χ4v) is 3.55. The molecule has 6 nitrogen and oxygen atoms in total. The molecule has 3 rings (SSSR count). The topological polar surface area (TPSA) is 81.2 Å². The molecule has 0 atom stereocenters. The molecule has 1 spiro atoms. The Morgan fingerprint density at radius 2 is 1.74 bits per heavy atom. The van der Waals surface area contributed by atoms with Gasteiger partial charge in [-0.05, 0) is 52.5 Å². The lowest BCUT2D eigenvalue weighted by atomic mass is 9.78. The molecule has 122 valence electrons. The minimum absolute atomic E-state index is 0.262. The predicted molar refractivity (Wildman–Crippen MR) is 84.7 cm³/mol. The van der Waals surface area contributed by atoms with Gasteiger partial charge in [0, 0.05) is 17.0 Å². The third kappa shape index (κ3) is 2.85. The highest BCUT2D eigenvalue weighted by atomic mass is 16.6. The zero-order valence-electron chi connectivity index (χ0n) is 13.7. The van der Waals surface area contributed by atoms with Crippen molar-refractivity contribution in [1.82, 2.24) is 9.97 Å². The molecule has 0 unspecified atom stereocenters. The lowest BCUT2D eigenvalue weighted by molar-refractivity contribution is -0.149. The van der Waals surface area contributed by atoms with E-state index in [2.05, 4.69) is 15.3 Å². The van der Waals surface area contributed by atoms with Crippen molar-refractivity contribution in [3.8, 4) is 0 Å². The van der Waals surface area contributed by atoms with E-state index in [0.717, 1.165) is 30.7 Å². The number of carbonyl (C=O) groups is 2. The smallest absolute Gasteiger partial charge is 0.335 e. The normalized spacial score (nSPS) is 19.9. The summed E-state index contributed by atoms with van der Waals surface area (Å²) in [7, 11) is 0. The van der Waals surface area contributed by atoms with Crippen LogP contribution in [0.15, 0.2) is 17.2 Å². The van der Waals surface area contributed by atoms with Gasteiger partial charge in [0.05, 0.1) is 5.57 Å². The Morgan fingerprint density at radius 1 is 1.13 bits per heavy atom. The fourth-order valence-electron chi connectivity index (χ4n) is 3.55. The van der Waals surface area contributed by atoms with Crippen LogP contribution in [0, 0.1) is 13.8 Å². The van der Waals surface area contributed by atoms with Gasteiger partial charge < -0.3 is 4.74 Å². The molecule has 1 aliphatic heterocycles. The van der Waals surface area contributed by atoms with Crippen LogP contribution in [-0.4, -0.2) is 27.4 Å². The van der Waals surface area contributed by atoms with Crippen LogP contribution < -0.4 is 5.32 Å². The van der Waals surface area contributed by atoms with Crippen molar-refractivity contribution in [2.75, 3.05) is 5.32 Å². The lowest BCUT2D eigenvalue weighted by Crippen LogP contribution is -2.39. The number of ether oxygens (including phenoxy) is 1. The number of carbonyl (C=O) groups excluding carboxylic acids is 2. The third-order valence-corrected chi connectivity index (χ3v) is 4.52. The number of nitrogens with one attached hydrogen (secondary N) is 1. The van der Waals surface area contributed by atoms with E-state index in [4.69, 9.17) is 4.74 Å². The summed E-state index contributed by atoms with van der Waals surface area (Å²) in [4.78, 5) is 33.3. The molecule has 0 saturated heterocycles. The average Bonchev–Trinajstić information content (AvgIpc) is 2.69. The first kappa shape index (κ1) is 15.6. The Labute approximate surface area is 135 Å². The Hall–Kier alpha value is -2.24. The molecule has 1 N–H and O–H groups in total. The van der Waals surface area contributed by atoms with Crippen LogP contribution in [0.4, 0.5) is 5.95 Å². The maximum atomic E-state index is 12.8. The average molecular weight is 315 g/mol. The van der Waals surface area contributed by atoms with E-state index >= 15 is 0 Å². The highest BCUT2D eigenvalue weighted by Gasteiger charge is 2.49. The summed E-state index contributed by atoms with van der Waals surface area (Å²) in [6, 6.07) is 1.84. The maximum absolute atomic E-state index is 12.8. The molecule has 0 radical (unpaired) electrons. The zero-order chi connectivity index (χ0) is 16.6. The molecule has 6 heteroatoms. The first-order valence-electron chi connectivity index (χ1n) is 8.00. The molecular formula is C17H21N3O3. The number of hydrogen-bond acceptors (Lipinski definition) is 5. The van der Waals surface area contributed by atoms with E-state index in [1.54, 1.807) is 6.92 Å². The molecule has 1 aromatic heterocycles. The first-order valence-corrected chi connectivity index (χ1v) is 8.00. The van der Waals surface area contributed by atoms with Crippen molar-refractivity contribution in [2.45, 2.75) is 58.5 Å². The van der Waals surface area contributed by atoms with Gasteiger partial charge in [-0.1, -0.05) is 6.42 Å². The van der Waals surface area contributed by atoms with Crippen LogP contribution in [0.3, 0.4) is 0 Å². The molecule has 1 aromatic rings. The largest absolute Gasteiger partial charge is 0.451 e. The number of aryl methyl sites for hydroxylation is 2. The summed E-state index contributed by atoms with van der Waals surface area (Å²) >= 11 is 0. The highest BCUT2D eigenvalue weighted by Crippen LogP contribution is 2.44. The van der Waals surface area contributed by atoms with Gasteiger partial charge in [-0.3, -0.25) is 10.1 Å². The monoisotopic (exact) mass is 315 g/mol. The van der Waals surface area contributed by atoms with Gasteiger partial charge in [0.25, 0.3) is 5.91 Å². The van der Waals surface area contributed by atoms with E-state index < -0.39 is 11.6 Å². The number of esters is 1. The number of aromatic nitrogens is 2. The third-order valence-electron chi connectivity index (χ3n) is 4.52. The Bertz CT molecular complexity index is 683. The number of anilines is 1. The fraction of sp³-hybridized carbons (Fsp3) is 0.529. The van der Waals surface area contributed by atoms with Crippen LogP contribution in [0.2, 0.25) is 0 Å². The van der Waals surface area contributed by atoms with Gasteiger partial charge in [0.2, 0.25) is 5.95 Å². The van der Waals surface area contributed by atoms with E-state index in [-0.39, 0.29) is 11.9 Å². The van der Waals surface area contributed by atoms with Crippen LogP contribution >= 0.6 is 0 Å². The minimum Gasteiger partial charge on any atom is -0.451 e. The Morgan fingerprint density at radius 3 is 2.35 bits per heavy atom. The molecule has 1 saturated carbocycles. The van der Waals surface area contributed by atoms with E-state index in [9.17, 15) is 9.59 Å². The first-order chi connectivity index (χ1) is 10.9. The van der Waals surface area contributed by atoms with Gasteiger partial charge in [-0.15, -0.1) is 0 Å². The van der Waals surface area contributed by atoms with Crippen molar-refractivity contribution < 1.29 is 14.3 Å². The standard InChI is InChI=1S/C17H21N3O3/c1-10-9-11(2)19-16(18-10)20-14(21)13-12(3)15(22)23-17(13)7-5-4-6-8-17/h9H,4-8H2,1-3H3,(H,18,19,20,21). The Balaban J connectivity index is 1.91. The second-order valence-corrected chi connectivity index (χ2v) is 6.37. The number of nitrogens with zero attached hydrogens (tertiary/aromatic N) is 2. The summed E-state index contributed by atoms with van der Waals surface area (Å²) in [5.74, 6) is -0.461. The predicted octanol–water partition coefficient (Wildman–Crippen LogP) is 2.61. The molecular weight excluding hydrogens is 294 g/mol. The number of hydrogen-bond donors (Lipinski definition) is 1. The second-order valence-electron chi connectivity index (χ2n) is 6.37. The van der Waals surface area contributed by atoms with Crippen molar-refractivity contribution >= 4 is 17.8 Å². The number of rotatable bonds is 2. The lowest BCUT2D eigenvalue weighted by Gasteiger charge is -2.33. The van der Waals surface area contributed by atoms with Crippen molar-refractivity contribution in [2.24, 2.45) is 0 Å². The van der Waals surface area contributed by atoms with Gasteiger partial charge in [0.1, 0.15) is 5.60 Å². The van der Waals surface area contributed by atoms with E-state index in [1.165, 1.54) is 0 Å². The molecule has 2 heterocycles. The Kier molecular flexibility index (Phi) is 3.92. The van der Waals surface area contributed by atoms with Crippen molar-refractivity contribution in [1.29, 1.82) is 0 Å². The highest BCUT2D eigenvalue weighted by molar-refractivity contribution is 6.12. The summed E-state index contributed by atoms with van der Waals surface area (Å²) in [6.45, 7) is 5.35. The molecule has 0 bridgehead atoms. The summed E-state index contributed by atoms with van der Waals surface area (Å²) in [5, 5.41) is 2.74. The van der Waals surface area contributed by atoms with Gasteiger partial charge in [-0.2, -0.15) is 0 Å². The minimum atomic E-state index is -0.762. The van der Waals surface area contributed by atoms with Crippen LogP contribution in [0.1, 0.15) is 50.4 Å². The van der Waals surface area contributed by atoms with Crippen LogP contribution in [0.5, 0.6) is 0 Å². The molecule has 2 aliphatic rings. The molecule has 0 aromatic carbocycles. The summed E-state index contributed by atoms with van der Waals surface area (Å²) in [6.07, 6.45) is 4.42. The molecule has 23 heavy (non-hydrogen) atoms. The summed E-state index contributed by atoms with van der Waals surface area (Å²) in [5.41, 5.74) is 1.65. The number of amides is 1. The van der Waals surface area contributed by atoms with Gasteiger partial charge in [-0.25, -0.2) is 14.8 Å². The van der Waals surface area contributed by atoms with E-state index in [0.29, 0.717) is 24.0 Å². The SMILES string of the molecule is CC1=C(C(=O)Nc2nc(C)cc(C)n2)C2(CCCCC2)OC1=O. The van der Waals surface area contributed by atoms with E-state index in [1.807, 2.05) is 19.9 Å². The van der Waals surface area contributed by atoms with Crippen LogP contribution in [-0.2, 0) is 14.3 Å². The molecule has 1 fully saturated rings. The second kappa shape index (κ2) is 5.76. The quantitative estimate of drug-likeness (QED) is 0.848. The van der Waals surface area contributed by atoms with Gasteiger partial charge in [0.15, 0.2) is 0 Å². The zero-order valence-corrected chi connectivity index (χ0v) is 13.7.